The molecular weight excluding hydrogens is 431 g/mol. The predicted molar refractivity (Wildman–Crippen MR) is 110 cm³/mol. The molecule has 0 saturated carbocycles. The van der Waals surface area contributed by atoms with Gasteiger partial charge in [0, 0.05) is 32.0 Å². The molecule has 25 heavy (non-hydrogen) atoms. The Hall–Kier alpha value is -1.91. The second-order valence-electron chi connectivity index (χ2n) is 6.31. The number of anilines is 1. The normalized spacial score (nSPS) is 18.0. The summed E-state index contributed by atoms with van der Waals surface area (Å²) in [6.07, 6.45) is 7.62. The minimum atomic E-state index is 0. The van der Waals surface area contributed by atoms with Crippen LogP contribution >= 0.6 is 24.0 Å². The van der Waals surface area contributed by atoms with Crippen LogP contribution in [0, 0.1) is 5.92 Å². The van der Waals surface area contributed by atoms with Crippen LogP contribution in [-0.2, 0) is 0 Å². The van der Waals surface area contributed by atoms with Gasteiger partial charge in [0.25, 0.3) is 0 Å². The maximum atomic E-state index is 5.90. The number of hydrogen-bond acceptors (Lipinski definition) is 5. The number of aromatic nitrogens is 4. The van der Waals surface area contributed by atoms with Crippen molar-refractivity contribution in [1.29, 1.82) is 0 Å². The van der Waals surface area contributed by atoms with Gasteiger partial charge >= 0.3 is 0 Å². The molecule has 9 heteroatoms. The first-order valence-electron chi connectivity index (χ1n) is 8.21. The molecule has 1 aliphatic rings. The SMILES string of the molecule is C=C(C)CN=C(N)NCC1CCCN(c2nccn3cnnc23)C1.I. The van der Waals surface area contributed by atoms with Gasteiger partial charge in [-0.1, -0.05) is 12.2 Å². The second kappa shape index (κ2) is 8.97. The van der Waals surface area contributed by atoms with Crippen molar-refractivity contribution in [2.75, 3.05) is 31.1 Å². The molecule has 8 nitrogen and oxygen atoms in total. The highest BCUT2D eigenvalue weighted by Gasteiger charge is 2.23. The summed E-state index contributed by atoms with van der Waals surface area (Å²) in [5, 5.41) is 11.4. The van der Waals surface area contributed by atoms with Gasteiger partial charge < -0.3 is 16.0 Å². The molecule has 1 unspecified atom stereocenters. The monoisotopic (exact) mass is 456 g/mol. The number of nitrogens with zero attached hydrogens (tertiary/aromatic N) is 6. The number of nitrogens with two attached hydrogens (primary N) is 1. The van der Waals surface area contributed by atoms with Crippen molar-refractivity contribution in [3.63, 3.8) is 0 Å². The zero-order chi connectivity index (χ0) is 16.9. The second-order valence-corrected chi connectivity index (χ2v) is 6.31. The molecule has 3 rings (SSSR count). The maximum absolute atomic E-state index is 5.90. The summed E-state index contributed by atoms with van der Waals surface area (Å²) >= 11 is 0. The van der Waals surface area contributed by atoms with Crippen LogP contribution in [0.4, 0.5) is 5.82 Å². The highest BCUT2D eigenvalue weighted by Crippen LogP contribution is 2.23. The van der Waals surface area contributed by atoms with Crippen molar-refractivity contribution in [2.24, 2.45) is 16.6 Å². The number of rotatable bonds is 5. The van der Waals surface area contributed by atoms with Gasteiger partial charge in [0.15, 0.2) is 11.8 Å². The number of aliphatic imine (C=N–C) groups is 1. The summed E-state index contributed by atoms with van der Waals surface area (Å²) in [5.41, 5.74) is 7.69. The third-order valence-electron chi connectivity index (χ3n) is 4.11. The Bertz CT molecular complexity index is 741. The lowest BCUT2D eigenvalue weighted by Crippen LogP contribution is -2.43. The van der Waals surface area contributed by atoms with E-state index in [2.05, 4.69) is 37.0 Å². The van der Waals surface area contributed by atoms with Crippen LogP contribution in [0.15, 0.2) is 35.9 Å². The van der Waals surface area contributed by atoms with Crippen LogP contribution in [0.2, 0.25) is 0 Å². The van der Waals surface area contributed by atoms with Crippen molar-refractivity contribution in [1.82, 2.24) is 24.9 Å². The van der Waals surface area contributed by atoms with Crippen LogP contribution in [0.3, 0.4) is 0 Å². The first-order valence-corrected chi connectivity index (χ1v) is 8.21. The zero-order valence-corrected chi connectivity index (χ0v) is 16.8. The highest BCUT2D eigenvalue weighted by molar-refractivity contribution is 14.0. The summed E-state index contributed by atoms with van der Waals surface area (Å²) in [7, 11) is 0. The molecule has 3 N–H and O–H groups in total. The van der Waals surface area contributed by atoms with Crippen molar-refractivity contribution in [3.05, 3.63) is 30.9 Å². The highest BCUT2D eigenvalue weighted by atomic mass is 127. The first-order chi connectivity index (χ1) is 11.6. The smallest absolute Gasteiger partial charge is 0.203 e. The number of halogens is 1. The molecule has 0 radical (unpaired) electrons. The van der Waals surface area contributed by atoms with E-state index in [9.17, 15) is 0 Å². The molecule has 2 aromatic heterocycles. The standard InChI is InChI=1S/C16H24N8.HI/c1-12(2)8-19-16(17)20-9-13-4-3-6-23(10-13)14-15-22-21-11-24(15)7-5-18-14;/h5,7,11,13H,1,3-4,6,8-10H2,2H3,(H3,17,19,20);1H. The molecule has 1 saturated heterocycles. The quantitative estimate of drug-likeness (QED) is 0.306. The summed E-state index contributed by atoms with van der Waals surface area (Å²) in [6, 6.07) is 0. The van der Waals surface area contributed by atoms with Crippen molar-refractivity contribution in [2.45, 2.75) is 19.8 Å². The number of guanidine groups is 1. The van der Waals surface area contributed by atoms with E-state index in [4.69, 9.17) is 5.73 Å². The Kier molecular flexibility index (Phi) is 6.97. The number of hydrogen-bond donors (Lipinski definition) is 2. The molecule has 1 aliphatic heterocycles. The molecular formula is C16H25IN8. The first kappa shape index (κ1) is 19.4. The van der Waals surface area contributed by atoms with Gasteiger partial charge in [0.1, 0.15) is 6.33 Å². The molecule has 0 aliphatic carbocycles. The number of nitrogens with one attached hydrogen (secondary N) is 1. The van der Waals surface area contributed by atoms with E-state index in [1.54, 1.807) is 12.5 Å². The fraction of sp³-hybridized carbons (Fsp3) is 0.500. The van der Waals surface area contributed by atoms with Crippen LogP contribution < -0.4 is 16.0 Å². The molecule has 1 atom stereocenters. The maximum Gasteiger partial charge on any atom is 0.203 e. The Morgan fingerprint density at radius 3 is 3.16 bits per heavy atom. The van der Waals surface area contributed by atoms with Gasteiger partial charge in [-0.2, -0.15) is 0 Å². The van der Waals surface area contributed by atoms with E-state index in [0.29, 0.717) is 18.4 Å². The Balaban J connectivity index is 0.00000225. The van der Waals surface area contributed by atoms with Gasteiger partial charge in [-0.05, 0) is 25.7 Å². The molecule has 0 spiro atoms. The molecule has 0 aromatic carbocycles. The molecule has 2 aromatic rings. The van der Waals surface area contributed by atoms with Crippen molar-refractivity contribution < 1.29 is 0 Å². The predicted octanol–water partition coefficient (Wildman–Crippen LogP) is 1.44. The van der Waals surface area contributed by atoms with Gasteiger partial charge in [-0.25, -0.2) is 9.98 Å². The van der Waals surface area contributed by atoms with E-state index in [1.165, 1.54) is 0 Å². The summed E-state index contributed by atoms with van der Waals surface area (Å²) < 4.78 is 1.90. The van der Waals surface area contributed by atoms with E-state index >= 15 is 0 Å². The van der Waals surface area contributed by atoms with E-state index in [1.807, 2.05) is 17.5 Å². The molecule has 136 valence electrons. The molecule has 0 bridgehead atoms. The number of piperidine rings is 1. The fourth-order valence-corrected chi connectivity index (χ4v) is 2.92. The molecule has 3 heterocycles. The van der Waals surface area contributed by atoms with Crippen LogP contribution in [0.5, 0.6) is 0 Å². The topological polar surface area (TPSA) is 96.7 Å². The zero-order valence-electron chi connectivity index (χ0n) is 14.4. The average Bonchev–Trinajstić information content (AvgIpc) is 3.07. The van der Waals surface area contributed by atoms with Gasteiger partial charge in [0.05, 0.1) is 6.54 Å². The third-order valence-corrected chi connectivity index (χ3v) is 4.11. The van der Waals surface area contributed by atoms with Crippen LogP contribution in [0.25, 0.3) is 5.65 Å². The molecule has 0 amide bonds. The lowest BCUT2D eigenvalue weighted by molar-refractivity contribution is 0.409. The summed E-state index contributed by atoms with van der Waals surface area (Å²) in [4.78, 5) is 11.0. The van der Waals surface area contributed by atoms with E-state index < -0.39 is 0 Å². The lowest BCUT2D eigenvalue weighted by Gasteiger charge is -2.33. The van der Waals surface area contributed by atoms with E-state index in [0.717, 1.165) is 49.5 Å². The Morgan fingerprint density at radius 1 is 1.52 bits per heavy atom. The van der Waals surface area contributed by atoms with Crippen molar-refractivity contribution >= 4 is 41.4 Å². The van der Waals surface area contributed by atoms with E-state index in [-0.39, 0.29) is 24.0 Å². The van der Waals surface area contributed by atoms with Gasteiger partial charge in [-0.15, -0.1) is 34.2 Å². The summed E-state index contributed by atoms with van der Waals surface area (Å²) in [5.74, 6) is 1.86. The lowest BCUT2D eigenvalue weighted by atomic mass is 9.98. The Morgan fingerprint density at radius 2 is 2.36 bits per heavy atom. The van der Waals surface area contributed by atoms with Crippen LogP contribution in [0.1, 0.15) is 19.8 Å². The van der Waals surface area contributed by atoms with Gasteiger partial charge in [-0.3, -0.25) is 4.40 Å². The Labute approximate surface area is 164 Å². The van der Waals surface area contributed by atoms with Gasteiger partial charge in [0.2, 0.25) is 5.65 Å². The third kappa shape index (κ3) is 5.03. The minimum absolute atomic E-state index is 0. The molecule has 1 fully saturated rings. The van der Waals surface area contributed by atoms with Crippen molar-refractivity contribution in [3.8, 4) is 0 Å². The minimum Gasteiger partial charge on any atom is -0.370 e. The fourth-order valence-electron chi connectivity index (χ4n) is 2.92. The largest absolute Gasteiger partial charge is 0.370 e. The average molecular weight is 456 g/mol. The van der Waals surface area contributed by atoms with Crippen LogP contribution in [-0.4, -0.2) is 51.7 Å². The number of fused-ring (bicyclic) bond motifs is 1. The summed E-state index contributed by atoms with van der Waals surface area (Å²) in [6.45, 7) is 9.03.